The Labute approximate surface area is 123 Å². The Balaban J connectivity index is 2.90. The van der Waals surface area contributed by atoms with Gasteiger partial charge in [0.1, 0.15) is 5.60 Å². The van der Waals surface area contributed by atoms with Gasteiger partial charge in [-0.15, -0.1) is 0 Å². The minimum absolute atomic E-state index is 0.0441. The molecule has 0 bridgehead atoms. The highest BCUT2D eigenvalue weighted by molar-refractivity contribution is 5.68. The maximum absolute atomic E-state index is 12.1. The van der Waals surface area contributed by atoms with E-state index in [9.17, 15) is 4.79 Å². The Morgan fingerprint density at radius 3 is 1.85 bits per heavy atom. The molecule has 0 aromatic rings. The van der Waals surface area contributed by atoms with Crippen molar-refractivity contribution in [2.24, 2.45) is 16.6 Å². The molecule has 1 aliphatic carbocycles. The van der Waals surface area contributed by atoms with Gasteiger partial charge in [0.2, 0.25) is 0 Å². The van der Waals surface area contributed by atoms with Crippen LogP contribution in [0.5, 0.6) is 0 Å². The molecule has 0 aliphatic heterocycles. The number of rotatable bonds is 3. The van der Waals surface area contributed by atoms with Crippen molar-refractivity contribution in [2.75, 3.05) is 0 Å². The van der Waals surface area contributed by atoms with Gasteiger partial charge >= 0.3 is 6.09 Å². The Morgan fingerprint density at radius 2 is 1.55 bits per heavy atom. The average Bonchev–Trinajstić information content (AvgIpc) is 2.89. The van der Waals surface area contributed by atoms with E-state index in [-0.39, 0.29) is 28.5 Å². The van der Waals surface area contributed by atoms with Crippen LogP contribution in [-0.4, -0.2) is 23.3 Å². The molecule has 0 aromatic carbocycles. The van der Waals surface area contributed by atoms with Gasteiger partial charge in [-0.25, -0.2) is 4.79 Å². The predicted octanol–water partition coefficient (Wildman–Crippen LogP) is 3.44. The molecule has 1 unspecified atom stereocenters. The van der Waals surface area contributed by atoms with E-state index in [0.717, 1.165) is 12.8 Å². The Bertz CT molecular complexity index is 371. The van der Waals surface area contributed by atoms with Crippen molar-refractivity contribution < 1.29 is 9.53 Å². The van der Waals surface area contributed by atoms with E-state index in [0.29, 0.717) is 0 Å². The molecule has 4 heteroatoms. The summed E-state index contributed by atoms with van der Waals surface area (Å²) in [4.78, 5) is 12.1. The zero-order valence-corrected chi connectivity index (χ0v) is 14.4. The first-order valence-electron chi connectivity index (χ1n) is 7.47. The van der Waals surface area contributed by atoms with Crippen LogP contribution >= 0.6 is 0 Å². The summed E-state index contributed by atoms with van der Waals surface area (Å²) in [6.07, 6.45) is 1.67. The summed E-state index contributed by atoms with van der Waals surface area (Å²) in [5, 5.41) is 3.06. The number of carbonyl (C=O) groups excluding carboxylic acids is 1. The van der Waals surface area contributed by atoms with E-state index < -0.39 is 5.60 Å². The standard InChI is InChI=1S/C16H32N2O2/c1-13(2,3)11(15(7,8)16(17)9-10-16)18-12(19)20-14(4,5)6/h11H,9-10,17H2,1-8H3,(H,18,19). The van der Waals surface area contributed by atoms with Crippen molar-refractivity contribution >= 4 is 6.09 Å². The highest BCUT2D eigenvalue weighted by Gasteiger charge is 2.57. The molecule has 1 atom stereocenters. The molecule has 1 rings (SSSR count). The summed E-state index contributed by atoms with van der Waals surface area (Å²) in [6.45, 7) is 16.3. The van der Waals surface area contributed by atoms with Gasteiger partial charge in [-0.05, 0) is 39.0 Å². The van der Waals surface area contributed by atoms with Crippen LogP contribution in [0.4, 0.5) is 4.79 Å². The van der Waals surface area contributed by atoms with Gasteiger partial charge in [-0.3, -0.25) is 0 Å². The van der Waals surface area contributed by atoms with Crippen LogP contribution < -0.4 is 11.1 Å². The molecular weight excluding hydrogens is 252 g/mol. The van der Waals surface area contributed by atoms with E-state index in [4.69, 9.17) is 10.5 Å². The zero-order valence-electron chi connectivity index (χ0n) is 14.4. The minimum atomic E-state index is -0.489. The smallest absolute Gasteiger partial charge is 0.407 e. The molecule has 0 saturated heterocycles. The van der Waals surface area contributed by atoms with Crippen molar-refractivity contribution in [1.29, 1.82) is 0 Å². The molecule has 0 spiro atoms. The highest BCUT2D eigenvalue weighted by atomic mass is 16.6. The lowest BCUT2D eigenvalue weighted by atomic mass is 9.66. The topological polar surface area (TPSA) is 64.3 Å². The first-order chi connectivity index (χ1) is 8.69. The molecule has 1 amide bonds. The fourth-order valence-corrected chi connectivity index (χ4v) is 2.97. The summed E-state index contributed by atoms with van der Waals surface area (Å²) < 4.78 is 5.40. The zero-order chi connectivity index (χ0) is 16.0. The monoisotopic (exact) mass is 284 g/mol. The van der Waals surface area contributed by atoms with Crippen LogP contribution in [-0.2, 0) is 4.74 Å². The Kier molecular flexibility index (Phi) is 4.24. The van der Waals surface area contributed by atoms with Crippen molar-refractivity contribution in [3.05, 3.63) is 0 Å². The lowest BCUT2D eigenvalue weighted by Gasteiger charge is -2.46. The predicted molar refractivity (Wildman–Crippen MR) is 82.5 cm³/mol. The molecule has 1 saturated carbocycles. The van der Waals surface area contributed by atoms with Crippen molar-refractivity contribution in [1.82, 2.24) is 5.32 Å². The van der Waals surface area contributed by atoms with E-state index in [2.05, 4.69) is 39.9 Å². The van der Waals surface area contributed by atoms with Gasteiger partial charge in [0, 0.05) is 17.0 Å². The largest absolute Gasteiger partial charge is 0.444 e. The molecule has 1 fully saturated rings. The maximum atomic E-state index is 12.1. The maximum Gasteiger partial charge on any atom is 0.407 e. The van der Waals surface area contributed by atoms with E-state index >= 15 is 0 Å². The fourth-order valence-electron chi connectivity index (χ4n) is 2.97. The first kappa shape index (κ1) is 17.3. The van der Waals surface area contributed by atoms with Gasteiger partial charge in [0.25, 0.3) is 0 Å². The van der Waals surface area contributed by atoms with Crippen LogP contribution in [0.15, 0.2) is 0 Å². The summed E-state index contributed by atoms with van der Waals surface area (Å²) >= 11 is 0. The van der Waals surface area contributed by atoms with Crippen LogP contribution in [0.2, 0.25) is 0 Å². The third kappa shape index (κ3) is 3.87. The molecule has 3 N–H and O–H groups in total. The van der Waals surface area contributed by atoms with E-state index in [1.807, 2.05) is 20.8 Å². The van der Waals surface area contributed by atoms with Crippen molar-refractivity contribution in [3.8, 4) is 0 Å². The molecule has 4 nitrogen and oxygen atoms in total. The SMILES string of the molecule is CC(C)(C)OC(=O)NC(C(C)(C)C)C(C)(C)C1(N)CC1. The van der Waals surface area contributed by atoms with Gasteiger partial charge in [-0.2, -0.15) is 0 Å². The number of alkyl carbamates (subject to hydrolysis) is 1. The molecule has 0 radical (unpaired) electrons. The summed E-state index contributed by atoms with van der Waals surface area (Å²) in [5.74, 6) is 0. The summed E-state index contributed by atoms with van der Waals surface area (Å²) in [7, 11) is 0. The number of nitrogens with one attached hydrogen (secondary N) is 1. The molecule has 1 aliphatic rings. The van der Waals surface area contributed by atoms with Gasteiger partial charge in [-0.1, -0.05) is 34.6 Å². The molecule has 0 aromatic heterocycles. The lowest BCUT2D eigenvalue weighted by Crippen LogP contribution is -2.60. The van der Waals surface area contributed by atoms with Crippen LogP contribution in [0.1, 0.15) is 68.2 Å². The minimum Gasteiger partial charge on any atom is -0.444 e. The van der Waals surface area contributed by atoms with Crippen LogP contribution in [0.25, 0.3) is 0 Å². The third-order valence-corrected chi connectivity index (χ3v) is 4.32. The number of amides is 1. The number of hydrogen-bond acceptors (Lipinski definition) is 3. The van der Waals surface area contributed by atoms with Crippen molar-refractivity contribution in [3.63, 3.8) is 0 Å². The Hall–Kier alpha value is -0.770. The average molecular weight is 284 g/mol. The third-order valence-electron chi connectivity index (χ3n) is 4.32. The first-order valence-corrected chi connectivity index (χ1v) is 7.47. The fraction of sp³-hybridized carbons (Fsp3) is 0.938. The second-order valence-electron chi connectivity index (χ2n) is 8.82. The highest BCUT2D eigenvalue weighted by Crippen LogP contribution is 2.52. The molecule has 20 heavy (non-hydrogen) atoms. The molecule has 118 valence electrons. The van der Waals surface area contributed by atoms with E-state index in [1.54, 1.807) is 0 Å². The number of hydrogen-bond donors (Lipinski definition) is 2. The summed E-state index contributed by atoms with van der Waals surface area (Å²) in [5.41, 5.74) is 5.50. The quantitative estimate of drug-likeness (QED) is 0.834. The molecule has 0 heterocycles. The summed E-state index contributed by atoms with van der Waals surface area (Å²) in [6, 6.07) is -0.0441. The Morgan fingerprint density at radius 1 is 1.10 bits per heavy atom. The lowest BCUT2D eigenvalue weighted by molar-refractivity contribution is 0.0293. The number of ether oxygens (including phenoxy) is 1. The normalized spacial score (nSPS) is 20.2. The van der Waals surface area contributed by atoms with Gasteiger partial charge in [0.05, 0.1) is 0 Å². The second kappa shape index (κ2) is 4.90. The molecular formula is C16H32N2O2. The van der Waals surface area contributed by atoms with Crippen molar-refractivity contribution in [2.45, 2.75) is 85.4 Å². The van der Waals surface area contributed by atoms with Gasteiger partial charge in [0.15, 0.2) is 0 Å². The number of nitrogens with two attached hydrogens (primary N) is 1. The van der Waals surface area contributed by atoms with Crippen LogP contribution in [0, 0.1) is 10.8 Å². The van der Waals surface area contributed by atoms with Gasteiger partial charge < -0.3 is 15.8 Å². The second-order valence-corrected chi connectivity index (χ2v) is 8.82. The van der Waals surface area contributed by atoms with Crippen LogP contribution in [0.3, 0.4) is 0 Å². The number of carbonyl (C=O) groups is 1. The van der Waals surface area contributed by atoms with E-state index in [1.165, 1.54) is 0 Å².